The fraction of sp³-hybridized carbons (Fsp3) is 0.263. The van der Waals surface area contributed by atoms with Gasteiger partial charge in [-0.15, -0.1) is 0 Å². The van der Waals surface area contributed by atoms with Crippen LogP contribution in [0.1, 0.15) is 11.6 Å². The van der Waals surface area contributed by atoms with Gasteiger partial charge in [0.1, 0.15) is 11.9 Å². The highest BCUT2D eigenvalue weighted by Gasteiger charge is 2.32. The molecule has 0 aliphatic carbocycles. The lowest BCUT2D eigenvalue weighted by molar-refractivity contribution is -0.143. The molecular formula is C19H19BrN4O2. The van der Waals surface area contributed by atoms with Crippen molar-refractivity contribution >= 4 is 38.6 Å². The van der Waals surface area contributed by atoms with Gasteiger partial charge in [0.25, 0.3) is 0 Å². The first-order valence-electron chi connectivity index (χ1n) is 8.53. The van der Waals surface area contributed by atoms with E-state index in [-0.39, 0.29) is 0 Å². The van der Waals surface area contributed by atoms with Crippen molar-refractivity contribution in [3.8, 4) is 0 Å². The number of H-pyrrole nitrogens is 1. The van der Waals surface area contributed by atoms with Crippen molar-refractivity contribution in [1.82, 2.24) is 14.9 Å². The average Bonchev–Trinajstić information content (AvgIpc) is 3.05. The predicted molar refractivity (Wildman–Crippen MR) is 104 cm³/mol. The zero-order valence-electron chi connectivity index (χ0n) is 14.1. The quantitative estimate of drug-likeness (QED) is 0.685. The normalized spacial score (nSPS) is 16.7. The molecule has 1 aliphatic rings. The van der Waals surface area contributed by atoms with Gasteiger partial charge in [0.05, 0.1) is 0 Å². The molecule has 7 heteroatoms. The molecule has 1 fully saturated rings. The minimum absolute atomic E-state index is 0.657. The Kier molecular flexibility index (Phi) is 4.65. The number of piperazine rings is 1. The van der Waals surface area contributed by atoms with Crippen LogP contribution in [0.3, 0.4) is 0 Å². The first kappa shape index (κ1) is 17.1. The summed E-state index contributed by atoms with van der Waals surface area (Å²) >= 11 is 3.45. The fourth-order valence-electron chi connectivity index (χ4n) is 3.58. The van der Waals surface area contributed by atoms with Crippen LogP contribution in [0, 0.1) is 0 Å². The number of pyridine rings is 1. The van der Waals surface area contributed by atoms with E-state index in [1.807, 2.05) is 47.5 Å². The lowest BCUT2D eigenvalue weighted by Gasteiger charge is -2.38. The molecule has 0 unspecified atom stereocenters. The van der Waals surface area contributed by atoms with Crippen molar-refractivity contribution in [2.75, 3.05) is 31.1 Å². The molecule has 0 bridgehead atoms. The topological polar surface area (TPSA) is 72.5 Å². The first-order valence-corrected chi connectivity index (χ1v) is 9.32. The summed E-state index contributed by atoms with van der Waals surface area (Å²) in [5.74, 6) is 0.121. The van der Waals surface area contributed by atoms with E-state index in [0.29, 0.717) is 13.1 Å². The Morgan fingerprint density at radius 1 is 1.19 bits per heavy atom. The Morgan fingerprint density at radius 3 is 2.69 bits per heavy atom. The summed E-state index contributed by atoms with van der Waals surface area (Å²) in [5, 5.41) is 10.9. The van der Waals surface area contributed by atoms with Crippen molar-refractivity contribution in [3.05, 3.63) is 58.8 Å². The van der Waals surface area contributed by atoms with Crippen LogP contribution in [0.2, 0.25) is 0 Å². The molecule has 0 radical (unpaired) electrons. The van der Waals surface area contributed by atoms with E-state index in [2.05, 4.69) is 30.8 Å². The minimum atomic E-state index is -0.819. The molecule has 3 aromatic rings. The second kappa shape index (κ2) is 7.09. The molecule has 3 heterocycles. The van der Waals surface area contributed by atoms with E-state index in [9.17, 15) is 9.90 Å². The molecule has 4 rings (SSSR count). The molecule has 1 saturated heterocycles. The van der Waals surface area contributed by atoms with Gasteiger partial charge in [-0.2, -0.15) is 0 Å². The highest BCUT2D eigenvalue weighted by atomic mass is 79.9. The highest BCUT2D eigenvalue weighted by molar-refractivity contribution is 9.10. The smallest absolute Gasteiger partial charge is 0.325 e. The monoisotopic (exact) mass is 414 g/mol. The van der Waals surface area contributed by atoms with Crippen molar-refractivity contribution < 1.29 is 9.90 Å². The van der Waals surface area contributed by atoms with Crippen molar-refractivity contribution in [1.29, 1.82) is 0 Å². The molecule has 0 saturated carbocycles. The number of carboxylic acid groups (broad SMARTS) is 1. The first-order chi connectivity index (χ1) is 12.6. The van der Waals surface area contributed by atoms with Crippen LogP contribution in [-0.2, 0) is 4.79 Å². The van der Waals surface area contributed by atoms with Gasteiger partial charge >= 0.3 is 5.97 Å². The van der Waals surface area contributed by atoms with Crippen LogP contribution in [0.15, 0.2) is 53.3 Å². The van der Waals surface area contributed by atoms with Gasteiger partial charge in [0.2, 0.25) is 0 Å². The number of halogens is 1. The third kappa shape index (κ3) is 3.20. The standard InChI is InChI=1S/C19H19BrN4O2/c20-13-4-5-14-15(12-22-16(14)11-13)18(19(25)26)24-9-7-23(8-10-24)17-3-1-2-6-21-17/h1-6,11-12,18,22H,7-10H2,(H,25,26)/t18-/m1/s1. The molecule has 134 valence electrons. The van der Waals surface area contributed by atoms with Crippen molar-refractivity contribution in [2.45, 2.75) is 6.04 Å². The largest absolute Gasteiger partial charge is 0.480 e. The molecule has 2 N–H and O–H groups in total. The van der Waals surface area contributed by atoms with Gasteiger partial charge < -0.3 is 15.0 Å². The van der Waals surface area contributed by atoms with Crippen LogP contribution in [0.5, 0.6) is 0 Å². The number of rotatable bonds is 4. The molecule has 0 amide bonds. The van der Waals surface area contributed by atoms with E-state index >= 15 is 0 Å². The third-order valence-electron chi connectivity index (χ3n) is 4.86. The van der Waals surface area contributed by atoms with Crippen LogP contribution < -0.4 is 4.90 Å². The van der Waals surface area contributed by atoms with E-state index in [0.717, 1.165) is 39.8 Å². The molecule has 26 heavy (non-hydrogen) atoms. The van der Waals surface area contributed by atoms with E-state index in [4.69, 9.17) is 0 Å². The molecule has 2 aromatic heterocycles. The third-order valence-corrected chi connectivity index (χ3v) is 5.35. The van der Waals surface area contributed by atoms with Gasteiger partial charge in [0, 0.05) is 59.5 Å². The second-order valence-corrected chi connectivity index (χ2v) is 7.30. The summed E-state index contributed by atoms with van der Waals surface area (Å²) in [4.78, 5) is 23.9. The number of aliphatic carboxylic acids is 1. The lowest BCUT2D eigenvalue weighted by atomic mass is 10.0. The summed E-state index contributed by atoms with van der Waals surface area (Å²) < 4.78 is 0.967. The van der Waals surface area contributed by atoms with E-state index in [1.165, 1.54) is 0 Å². The highest BCUT2D eigenvalue weighted by Crippen LogP contribution is 2.31. The number of carbonyl (C=O) groups is 1. The summed E-state index contributed by atoms with van der Waals surface area (Å²) in [6.07, 6.45) is 3.60. The van der Waals surface area contributed by atoms with Gasteiger partial charge in [-0.25, -0.2) is 4.98 Å². The number of aromatic nitrogens is 2. The maximum absolute atomic E-state index is 12.1. The summed E-state index contributed by atoms with van der Waals surface area (Å²) in [5.41, 5.74) is 1.75. The number of nitrogens with zero attached hydrogens (tertiary/aromatic N) is 3. The van der Waals surface area contributed by atoms with Gasteiger partial charge in [-0.1, -0.05) is 28.1 Å². The van der Waals surface area contributed by atoms with E-state index in [1.54, 1.807) is 6.20 Å². The second-order valence-electron chi connectivity index (χ2n) is 6.39. The van der Waals surface area contributed by atoms with Gasteiger partial charge in [0.15, 0.2) is 0 Å². The average molecular weight is 415 g/mol. The molecule has 1 aliphatic heterocycles. The van der Waals surface area contributed by atoms with Crippen LogP contribution >= 0.6 is 15.9 Å². The Bertz CT molecular complexity index is 920. The number of fused-ring (bicyclic) bond motifs is 1. The molecule has 6 nitrogen and oxygen atoms in total. The molecule has 0 spiro atoms. The molecular weight excluding hydrogens is 396 g/mol. The van der Waals surface area contributed by atoms with E-state index < -0.39 is 12.0 Å². The SMILES string of the molecule is O=C(O)[C@@H](c1c[nH]c2cc(Br)ccc12)N1CCN(c2ccccn2)CC1. The molecule has 1 aromatic carbocycles. The predicted octanol–water partition coefficient (Wildman–Crippen LogP) is 3.27. The maximum atomic E-state index is 12.1. The van der Waals surface area contributed by atoms with Crippen molar-refractivity contribution in [3.63, 3.8) is 0 Å². The Labute approximate surface area is 159 Å². The fourth-order valence-corrected chi connectivity index (χ4v) is 3.94. The lowest BCUT2D eigenvalue weighted by Crippen LogP contribution is -2.49. The maximum Gasteiger partial charge on any atom is 0.325 e. The number of anilines is 1. The number of carboxylic acids is 1. The minimum Gasteiger partial charge on any atom is -0.480 e. The number of nitrogens with one attached hydrogen (secondary N) is 1. The van der Waals surface area contributed by atoms with Crippen LogP contribution in [-0.4, -0.2) is 52.1 Å². The van der Waals surface area contributed by atoms with Crippen LogP contribution in [0.25, 0.3) is 10.9 Å². The van der Waals surface area contributed by atoms with Gasteiger partial charge in [-0.05, 0) is 24.3 Å². The zero-order chi connectivity index (χ0) is 18.1. The molecule has 1 atom stereocenters. The number of hydrogen-bond acceptors (Lipinski definition) is 4. The summed E-state index contributed by atoms with van der Waals surface area (Å²) in [6, 6.07) is 11.1. The van der Waals surface area contributed by atoms with Gasteiger partial charge in [-0.3, -0.25) is 9.69 Å². The Balaban J connectivity index is 1.57. The summed E-state index contributed by atoms with van der Waals surface area (Å²) in [7, 11) is 0. The Morgan fingerprint density at radius 2 is 2.00 bits per heavy atom. The summed E-state index contributed by atoms with van der Waals surface area (Å²) in [6.45, 7) is 2.87. The van der Waals surface area contributed by atoms with Crippen molar-refractivity contribution in [2.24, 2.45) is 0 Å². The number of aromatic amines is 1. The Hall–Kier alpha value is -2.38. The number of benzene rings is 1. The number of hydrogen-bond donors (Lipinski definition) is 2. The zero-order valence-corrected chi connectivity index (χ0v) is 15.7. The van der Waals surface area contributed by atoms with Crippen LogP contribution in [0.4, 0.5) is 5.82 Å².